The van der Waals surface area contributed by atoms with Crippen LogP contribution in [-0.2, 0) is 14.3 Å². The van der Waals surface area contributed by atoms with Gasteiger partial charge in [0.25, 0.3) is 0 Å². The summed E-state index contributed by atoms with van der Waals surface area (Å²) in [7, 11) is 0. The van der Waals surface area contributed by atoms with Crippen LogP contribution < -0.4 is 0 Å². The van der Waals surface area contributed by atoms with Crippen LogP contribution in [0.1, 0.15) is 155 Å². The summed E-state index contributed by atoms with van der Waals surface area (Å²) in [5.41, 5.74) is 0. The van der Waals surface area contributed by atoms with Gasteiger partial charge in [0.2, 0.25) is 0 Å². The molecule has 0 fully saturated rings. The zero-order valence-electron chi connectivity index (χ0n) is 21.8. The van der Waals surface area contributed by atoms with E-state index in [-0.39, 0.29) is 0 Å². The van der Waals surface area contributed by atoms with Crippen molar-refractivity contribution in [1.82, 2.24) is 0 Å². The van der Waals surface area contributed by atoms with E-state index in [1.54, 1.807) is 0 Å². The molecule has 0 aromatic rings. The van der Waals surface area contributed by atoms with Gasteiger partial charge in [-0.3, -0.25) is 0 Å². The normalized spacial score (nSPS) is 12.7. The number of ether oxygens (including phenoxy) is 1. The highest BCUT2D eigenvalue weighted by atomic mass is 16.6. The molecule has 1 rings (SSSR count). The molecule has 0 saturated carbocycles. The van der Waals surface area contributed by atoms with E-state index in [1.807, 2.05) is 0 Å². The molecule has 0 aromatic carbocycles. The minimum absolute atomic E-state index is 0.374. The topological polar surface area (TPSA) is 63.6 Å². The summed E-state index contributed by atoms with van der Waals surface area (Å²) in [6.45, 7) is 2.67. The van der Waals surface area contributed by atoms with Gasteiger partial charge in [0.1, 0.15) is 0 Å². The van der Waals surface area contributed by atoms with Crippen LogP contribution in [0.25, 0.3) is 0 Å². The Hall–Kier alpha value is -1.16. The van der Waals surface area contributed by atoms with Crippen molar-refractivity contribution in [3.8, 4) is 0 Å². The van der Waals surface area contributed by atoms with E-state index in [0.29, 0.717) is 6.61 Å². The number of carbonyl (C=O) groups is 2. The van der Waals surface area contributed by atoms with E-state index in [2.05, 4.69) is 11.7 Å². The molecular formula is C29H54O4. The predicted octanol–water partition coefficient (Wildman–Crippen LogP) is 8.60. The van der Waals surface area contributed by atoms with Crippen molar-refractivity contribution in [2.24, 2.45) is 0 Å². The number of hydrogen-bond donors (Lipinski definition) is 1. The van der Waals surface area contributed by atoms with E-state index in [0.717, 1.165) is 18.6 Å². The Morgan fingerprint density at radius 3 is 0.909 bits per heavy atom. The van der Waals surface area contributed by atoms with Crippen LogP contribution in [0.4, 0.5) is 0 Å². The lowest BCUT2D eigenvalue weighted by atomic mass is 10.0. The number of aliphatic hydroxyl groups is 1. The van der Waals surface area contributed by atoms with Crippen molar-refractivity contribution in [2.75, 3.05) is 6.61 Å². The molecule has 0 amide bonds. The summed E-state index contributed by atoms with van der Waals surface area (Å²) in [6, 6.07) is 0. The second-order valence-electron chi connectivity index (χ2n) is 9.58. The fourth-order valence-corrected chi connectivity index (χ4v) is 4.20. The highest BCUT2D eigenvalue weighted by Crippen LogP contribution is 2.15. The van der Waals surface area contributed by atoms with Crippen LogP contribution in [0.3, 0.4) is 0 Å². The number of unbranched alkanes of at least 4 members (excludes halogenated alkanes) is 22. The molecule has 0 unspecified atom stereocenters. The first-order valence-corrected chi connectivity index (χ1v) is 14.3. The fourth-order valence-electron chi connectivity index (χ4n) is 4.20. The van der Waals surface area contributed by atoms with Crippen LogP contribution in [0, 0.1) is 0 Å². The van der Waals surface area contributed by atoms with Crippen molar-refractivity contribution in [1.29, 1.82) is 0 Å². The van der Waals surface area contributed by atoms with Crippen LogP contribution >= 0.6 is 0 Å². The van der Waals surface area contributed by atoms with Crippen molar-refractivity contribution in [3.63, 3.8) is 0 Å². The smallest absolute Gasteiger partial charge is 0.338 e. The monoisotopic (exact) mass is 466 g/mol. The van der Waals surface area contributed by atoms with Crippen LogP contribution in [-0.4, -0.2) is 23.7 Å². The van der Waals surface area contributed by atoms with Crippen molar-refractivity contribution in [2.45, 2.75) is 155 Å². The molecule has 0 radical (unpaired) electrons. The third-order valence-corrected chi connectivity index (χ3v) is 6.32. The largest absolute Gasteiger partial charge is 0.396 e. The quantitative estimate of drug-likeness (QED) is 0.0930. The third kappa shape index (κ3) is 27.0. The van der Waals surface area contributed by atoms with Gasteiger partial charge in [-0.25, -0.2) is 9.59 Å². The Bertz CT molecular complexity index is 419. The lowest BCUT2D eigenvalue weighted by molar-refractivity contribution is -0.150. The van der Waals surface area contributed by atoms with Gasteiger partial charge in [0, 0.05) is 18.8 Å². The Morgan fingerprint density at radius 2 is 0.727 bits per heavy atom. The van der Waals surface area contributed by atoms with E-state index in [4.69, 9.17) is 5.11 Å². The Labute approximate surface area is 204 Å². The maximum Gasteiger partial charge on any atom is 0.338 e. The van der Waals surface area contributed by atoms with Gasteiger partial charge in [-0.15, -0.1) is 0 Å². The lowest BCUT2D eigenvalue weighted by Gasteiger charge is -2.04. The number of aliphatic hydroxyl groups excluding tert-OH is 1. The summed E-state index contributed by atoms with van der Waals surface area (Å²) in [6.07, 6.45) is 34.8. The fraction of sp³-hybridized carbons (Fsp3) is 0.862. The molecule has 0 aliphatic carbocycles. The minimum atomic E-state index is -0.579. The lowest BCUT2D eigenvalue weighted by Crippen LogP contribution is -1.96. The van der Waals surface area contributed by atoms with Gasteiger partial charge in [0.05, 0.1) is 0 Å². The van der Waals surface area contributed by atoms with Crippen LogP contribution in [0.2, 0.25) is 0 Å². The molecule has 0 spiro atoms. The van der Waals surface area contributed by atoms with Gasteiger partial charge in [-0.2, -0.15) is 0 Å². The van der Waals surface area contributed by atoms with Gasteiger partial charge in [0.15, 0.2) is 0 Å². The predicted molar refractivity (Wildman–Crippen MR) is 139 cm³/mol. The number of rotatable bonds is 23. The third-order valence-electron chi connectivity index (χ3n) is 6.32. The molecule has 1 aliphatic rings. The number of cyclic esters (lactones) is 2. The Kier molecular flexibility index (Phi) is 26.1. The zero-order chi connectivity index (χ0) is 24.2. The minimum Gasteiger partial charge on any atom is -0.396 e. The first kappa shape index (κ1) is 31.8. The first-order chi connectivity index (χ1) is 16.2. The number of esters is 2. The average Bonchev–Trinajstić information content (AvgIpc) is 3.20. The van der Waals surface area contributed by atoms with Crippen LogP contribution in [0.15, 0.2) is 12.2 Å². The van der Waals surface area contributed by atoms with Gasteiger partial charge in [-0.1, -0.05) is 148 Å². The molecule has 1 aliphatic heterocycles. The summed E-state index contributed by atoms with van der Waals surface area (Å²) in [5.74, 6) is -1.16. The van der Waals surface area contributed by atoms with E-state index in [1.165, 1.54) is 141 Å². The molecule has 0 bridgehead atoms. The number of hydrogen-bond acceptors (Lipinski definition) is 4. The summed E-state index contributed by atoms with van der Waals surface area (Å²) in [4.78, 5) is 19.8. The summed E-state index contributed by atoms with van der Waals surface area (Å²) in [5, 5.41) is 8.73. The van der Waals surface area contributed by atoms with Gasteiger partial charge >= 0.3 is 11.9 Å². The standard InChI is InChI=1S/C25H52O.C4H2O3/c1-2-3-4-5-6-7-8-9-10-11-12-13-14-15-16-17-18-19-20-21-22-23-24-25-26;5-3-1-2-4(6)7-3/h26H,2-25H2,1H3;1-2H. The molecular weight excluding hydrogens is 412 g/mol. The van der Waals surface area contributed by atoms with Crippen molar-refractivity contribution < 1.29 is 19.4 Å². The zero-order valence-corrected chi connectivity index (χ0v) is 21.8. The molecule has 4 nitrogen and oxygen atoms in total. The van der Waals surface area contributed by atoms with Gasteiger partial charge < -0.3 is 9.84 Å². The van der Waals surface area contributed by atoms with Gasteiger partial charge in [-0.05, 0) is 6.42 Å². The highest BCUT2D eigenvalue weighted by Gasteiger charge is 2.10. The molecule has 0 saturated heterocycles. The Morgan fingerprint density at radius 1 is 0.485 bits per heavy atom. The number of carbonyl (C=O) groups excluding carboxylic acids is 2. The second kappa shape index (κ2) is 27.1. The van der Waals surface area contributed by atoms with E-state index >= 15 is 0 Å². The van der Waals surface area contributed by atoms with E-state index < -0.39 is 11.9 Å². The maximum absolute atomic E-state index is 9.92. The molecule has 0 atom stereocenters. The molecule has 33 heavy (non-hydrogen) atoms. The SMILES string of the molecule is CCCCCCCCCCCCCCCCCCCCCCCCCO.O=C1C=CC(=O)O1. The molecule has 0 aromatic heterocycles. The summed E-state index contributed by atoms with van der Waals surface area (Å²) >= 11 is 0. The maximum atomic E-state index is 9.92. The van der Waals surface area contributed by atoms with Crippen molar-refractivity contribution in [3.05, 3.63) is 12.2 Å². The second-order valence-corrected chi connectivity index (χ2v) is 9.58. The average molecular weight is 467 g/mol. The molecule has 1 N–H and O–H groups in total. The first-order valence-electron chi connectivity index (χ1n) is 14.3. The summed E-state index contributed by atoms with van der Waals surface area (Å²) < 4.78 is 3.97. The molecule has 4 heteroatoms. The van der Waals surface area contributed by atoms with Crippen molar-refractivity contribution >= 4 is 11.9 Å². The molecule has 1 heterocycles. The highest BCUT2D eigenvalue weighted by molar-refractivity contribution is 6.04. The molecule has 194 valence electrons. The Balaban J connectivity index is 0.00000123. The van der Waals surface area contributed by atoms with E-state index in [9.17, 15) is 9.59 Å². The van der Waals surface area contributed by atoms with Crippen LogP contribution in [0.5, 0.6) is 0 Å².